The number of primary amides is 1. The number of aromatic nitrogens is 2. The first-order valence-electron chi connectivity index (χ1n) is 12.1. The van der Waals surface area contributed by atoms with Crippen molar-refractivity contribution in [1.29, 1.82) is 0 Å². The Labute approximate surface area is 204 Å². The minimum absolute atomic E-state index is 0.000340. The molecule has 0 radical (unpaired) electrons. The van der Waals surface area contributed by atoms with Crippen LogP contribution in [0.3, 0.4) is 0 Å². The van der Waals surface area contributed by atoms with Gasteiger partial charge in [-0.25, -0.2) is 9.80 Å². The molecule has 0 bridgehead atoms. The van der Waals surface area contributed by atoms with Crippen molar-refractivity contribution in [3.8, 4) is 5.75 Å². The summed E-state index contributed by atoms with van der Waals surface area (Å²) < 4.78 is 5.60. The highest BCUT2D eigenvalue weighted by Gasteiger charge is 2.30. The molecule has 0 aliphatic carbocycles. The van der Waals surface area contributed by atoms with Gasteiger partial charge in [-0.05, 0) is 37.0 Å². The number of fused-ring (bicyclic) bond motifs is 1. The number of unbranched alkanes of at least 4 members (excludes halogenated alkanes) is 1. The summed E-state index contributed by atoms with van der Waals surface area (Å²) in [4.78, 5) is 38.5. The van der Waals surface area contributed by atoms with Gasteiger partial charge in [0.2, 0.25) is 5.91 Å². The molecule has 0 unspecified atom stereocenters. The van der Waals surface area contributed by atoms with E-state index < -0.39 is 6.03 Å². The van der Waals surface area contributed by atoms with Crippen LogP contribution in [0.5, 0.6) is 5.75 Å². The van der Waals surface area contributed by atoms with Gasteiger partial charge in [0.05, 0.1) is 18.7 Å². The second-order valence-corrected chi connectivity index (χ2v) is 8.91. The third-order valence-electron chi connectivity index (χ3n) is 6.32. The zero-order chi connectivity index (χ0) is 24.8. The maximum Gasteiger partial charge on any atom is 0.329 e. The Morgan fingerprint density at radius 2 is 1.91 bits per heavy atom. The molecule has 4 amide bonds. The van der Waals surface area contributed by atoms with Crippen molar-refractivity contribution in [2.45, 2.75) is 52.1 Å². The van der Waals surface area contributed by atoms with E-state index in [1.807, 2.05) is 22.0 Å². The van der Waals surface area contributed by atoms with Crippen LogP contribution >= 0.6 is 0 Å². The van der Waals surface area contributed by atoms with E-state index in [-0.39, 0.29) is 24.8 Å². The Bertz CT molecular complexity index is 1050. The van der Waals surface area contributed by atoms with Gasteiger partial charge in [-0.3, -0.25) is 19.7 Å². The van der Waals surface area contributed by atoms with Gasteiger partial charge in [0.15, 0.2) is 12.4 Å². The van der Waals surface area contributed by atoms with Crippen molar-refractivity contribution in [3.63, 3.8) is 0 Å². The molecule has 2 aliphatic rings. The number of nitrogens with two attached hydrogens (primary N) is 1. The van der Waals surface area contributed by atoms with Crippen LogP contribution in [-0.4, -0.2) is 69.2 Å². The molecule has 0 spiro atoms. The minimum atomic E-state index is -0.491. The quantitative estimate of drug-likeness (QED) is 0.473. The number of rotatable bonds is 10. The molecule has 35 heavy (non-hydrogen) atoms. The number of nitrogens with zero attached hydrogens (tertiary/aromatic N) is 4. The average molecular weight is 484 g/mol. The number of hydrogen-bond donors (Lipinski definition) is 3. The van der Waals surface area contributed by atoms with Gasteiger partial charge in [0.25, 0.3) is 5.91 Å². The summed E-state index contributed by atoms with van der Waals surface area (Å²) in [7, 11) is 0. The van der Waals surface area contributed by atoms with Crippen LogP contribution in [-0.2, 0) is 29.1 Å². The van der Waals surface area contributed by atoms with E-state index >= 15 is 0 Å². The molecule has 1 saturated heterocycles. The maximum absolute atomic E-state index is 12.6. The van der Waals surface area contributed by atoms with Crippen LogP contribution in [0.4, 0.5) is 10.6 Å². The predicted molar refractivity (Wildman–Crippen MR) is 129 cm³/mol. The smallest absolute Gasteiger partial charge is 0.329 e. The molecule has 188 valence electrons. The summed E-state index contributed by atoms with van der Waals surface area (Å²) >= 11 is 0. The fraction of sp³-hybridized carbons (Fsp3) is 0.500. The van der Waals surface area contributed by atoms with Crippen LogP contribution in [0.15, 0.2) is 24.3 Å². The van der Waals surface area contributed by atoms with Crippen LogP contribution in [0.2, 0.25) is 0 Å². The largest absolute Gasteiger partial charge is 0.484 e. The number of nitrogens with one attached hydrogen (secondary N) is 2. The molecule has 2 aliphatic heterocycles. The Kier molecular flexibility index (Phi) is 7.86. The molecule has 1 aromatic carbocycles. The first kappa shape index (κ1) is 24.5. The van der Waals surface area contributed by atoms with Crippen molar-refractivity contribution in [2.75, 3.05) is 31.6 Å². The highest BCUT2D eigenvalue weighted by Crippen LogP contribution is 2.28. The Morgan fingerprint density at radius 1 is 1.17 bits per heavy atom. The monoisotopic (exact) mass is 483 g/mol. The third-order valence-corrected chi connectivity index (χ3v) is 6.32. The Balaban J connectivity index is 1.28. The van der Waals surface area contributed by atoms with E-state index in [0.29, 0.717) is 31.2 Å². The number of likely N-dealkylation sites (tertiary alicyclic amines) is 1. The molecule has 1 fully saturated rings. The SMILES string of the molecule is CCCCN(C(N)=O)N1Cc2[nH]nc(NC(=O)Cc3ccc(OCC(=O)N4CCCC4)cc3)c2C1. The van der Waals surface area contributed by atoms with Crippen molar-refractivity contribution in [1.82, 2.24) is 25.1 Å². The predicted octanol–water partition coefficient (Wildman–Crippen LogP) is 2.00. The van der Waals surface area contributed by atoms with Gasteiger partial charge >= 0.3 is 6.03 Å². The number of hydrazine groups is 1. The van der Waals surface area contributed by atoms with Crippen LogP contribution < -0.4 is 15.8 Å². The molecule has 11 nitrogen and oxygen atoms in total. The van der Waals surface area contributed by atoms with Crippen LogP contribution in [0.1, 0.15) is 49.4 Å². The van der Waals surface area contributed by atoms with E-state index in [1.165, 1.54) is 0 Å². The molecule has 3 heterocycles. The maximum atomic E-state index is 12.6. The fourth-order valence-corrected chi connectivity index (χ4v) is 4.36. The lowest BCUT2D eigenvalue weighted by Crippen LogP contribution is -2.47. The molecule has 4 N–H and O–H groups in total. The van der Waals surface area contributed by atoms with Crippen molar-refractivity contribution < 1.29 is 19.1 Å². The summed E-state index contributed by atoms with van der Waals surface area (Å²) in [6.45, 7) is 5.15. The number of hydrogen-bond acceptors (Lipinski definition) is 6. The molecule has 2 aromatic rings. The van der Waals surface area contributed by atoms with E-state index in [9.17, 15) is 14.4 Å². The molecule has 0 saturated carbocycles. The number of carbonyl (C=O) groups is 3. The standard InChI is InChI=1S/C24H33N7O4/c1-2-3-12-31(24(25)34)30-14-19-20(15-30)27-28-23(19)26-21(32)13-17-6-8-18(9-7-17)35-16-22(33)29-10-4-5-11-29/h6-9H,2-5,10-16H2,1H3,(H2,25,34)(H2,26,27,28,32). The van der Waals surface area contributed by atoms with Gasteiger partial charge in [-0.1, -0.05) is 25.5 Å². The van der Waals surface area contributed by atoms with Crippen LogP contribution in [0, 0.1) is 0 Å². The topological polar surface area (TPSA) is 137 Å². The minimum Gasteiger partial charge on any atom is -0.484 e. The number of ether oxygens (including phenoxy) is 1. The van der Waals surface area contributed by atoms with Crippen molar-refractivity contribution in [3.05, 3.63) is 41.1 Å². The highest BCUT2D eigenvalue weighted by atomic mass is 16.5. The fourth-order valence-electron chi connectivity index (χ4n) is 4.36. The number of benzene rings is 1. The van der Waals surface area contributed by atoms with Gasteiger partial charge in [0.1, 0.15) is 5.75 Å². The van der Waals surface area contributed by atoms with E-state index in [0.717, 1.165) is 55.6 Å². The first-order valence-corrected chi connectivity index (χ1v) is 12.1. The number of aromatic amines is 1. The second-order valence-electron chi connectivity index (χ2n) is 8.91. The summed E-state index contributed by atoms with van der Waals surface area (Å²) in [6.07, 6.45) is 4.07. The third kappa shape index (κ3) is 6.10. The summed E-state index contributed by atoms with van der Waals surface area (Å²) in [6, 6.07) is 6.65. The molecule has 0 atom stereocenters. The summed E-state index contributed by atoms with van der Waals surface area (Å²) in [5.74, 6) is 0.857. The van der Waals surface area contributed by atoms with Gasteiger partial charge in [0, 0.05) is 31.7 Å². The zero-order valence-electron chi connectivity index (χ0n) is 20.1. The number of H-pyrrole nitrogens is 1. The Morgan fingerprint density at radius 3 is 2.60 bits per heavy atom. The lowest BCUT2D eigenvalue weighted by molar-refractivity contribution is -0.132. The molecular weight excluding hydrogens is 450 g/mol. The number of urea groups is 1. The molecule has 1 aromatic heterocycles. The van der Waals surface area contributed by atoms with E-state index in [1.54, 1.807) is 17.1 Å². The van der Waals surface area contributed by atoms with Gasteiger partial charge in [-0.2, -0.15) is 5.10 Å². The second kappa shape index (κ2) is 11.2. The van der Waals surface area contributed by atoms with Crippen molar-refractivity contribution in [2.24, 2.45) is 5.73 Å². The summed E-state index contributed by atoms with van der Waals surface area (Å²) in [5, 5.41) is 13.5. The van der Waals surface area contributed by atoms with Crippen LogP contribution in [0.25, 0.3) is 0 Å². The number of amides is 4. The average Bonchev–Trinajstić information content (AvgIpc) is 3.58. The van der Waals surface area contributed by atoms with Gasteiger partial charge < -0.3 is 20.7 Å². The molecule has 11 heteroatoms. The van der Waals surface area contributed by atoms with E-state index in [4.69, 9.17) is 10.5 Å². The van der Waals surface area contributed by atoms with E-state index in [2.05, 4.69) is 22.4 Å². The zero-order valence-corrected chi connectivity index (χ0v) is 20.1. The number of anilines is 1. The normalized spacial score (nSPS) is 15.2. The molecule has 4 rings (SSSR count). The summed E-state index contributed by atoms with van der Waals surface area (Å²) in [5.41, 5.74) is 8.08. The first-order chi connectivity index (χ1) is 16.9. The Hall–Kier alpha value is -3.60. The number of carbonyl (C=O) groups excluding carboxylic acids is 3. The molecular formula is C24H33N7O4. The van der Waals surface area contributed by atoms with Gasteiger partial charge in [-0.15, -0.1) is 0 Å². The highest BCUT2D eigenvalue weighted by molar-refractivity contribution is 5.92. The van der Waals surface area contributed by atoms with Crippen molar-refractivity contribution >= 4 is 23.7 Å². The lowest BCUT2D eigenvalue weighted by Gasteiger charge is -2.29. The lowest BCUT2D eigenvalue weighted by atomic mass is 10.1.